The Kier molecular flexibility index (Phi) is 7.30. The van der Waals surface area contributed by atoms with Crippen molar-refractivity contribution >= 4 is 11.6 Å². The van der Waals surface area contributed by atoms with Crippen molar-refractivity contribution in [2.45, 2.75) is 32.4 Å². The topological polar surface area (TPSA) is 42.0 Å². The standard InChI is InChI=1S/C28H32N2O3/c1-21-4-10-24(11-5-21)30(28(31)23-8-14-27(33-3)15-9-23)25-16-18-29(19-17-25)20-22-6-12-26(32-2)13-7-22/h4-15,25H,16-20H2,1-3H3. The molecule has 0 spiro atoms. The smallest absolute Gasteiger partial charge is 0.258 e. The molecule has 0 radical (unpaired) electrons. The number of piperidine rings is 1. The first-order chi connectivity index (χ1) is 16.1. The molecule has 0 saturated carbocycles. The molecule has 0 aromatic heterocycles. The van der Waals surface area contributed by atoms with E-state index in [9.17, 15) is 4.79 Å². The van der Waals surface area contributed by atoms with Crippen molar-refractivity contribution in [1.82, 2.24) is 4.90 Å². The second-order valence-corrected chi connectivity index (χ2v) is 8.59. The molecule has 1 saturated heterocycles. The van der Waals surface area contributed by atoms with E-state index in [2.05, 4.69) is 48.2 Å². The van der Waals surface area contributed by atoms with Crippen molar-refractivity contribution in [2.75, 3.05) is 32.2 Å². The first kappa shape index (κ1) is 22.9. The Bertz CT molecular complexity index is 1040. The largest absolute Gasteiger partial charge is 0.497 e. The quantitative estimate of drug-likeness (QED) is 0.494. The maximum absolute atomic E-state index is 13.6. The highest BCUT2D eigenvalue weighted by atomic mass is 16.5. The molecule has 4 rings (SSSR count). The monoisotopic (exact) mass is 444 g/mol. The van der Waals surface area contributed by atoms with Gasteiger partial charge >= 0.3 is 0 Å². The van der Waals surface area contributed by atoms with E-state index in [1.807, 2.05) is 41.3 Å². The number of nitrogens with zero attached hydrogens (tertiary/aromatic N) is 2. The molecule has 3 aromatic rings. The van der Waals surface area contributed by atoms with Gasteiger partial charge in [0.1, 0.15) is 11.5 Å². The predicted molar refractivity (Wildman–Crippen MR) is 132 cm³/mol. The Labute approximate surface area is 196 Å². The Morgan fingerprint density at radius 3 is 1.94 bits per heavy atom. The van der Waals surface area contributed by atoms with E-state index in [0.717, 1.165) is 49.7 Å². The number of benzene rings is 3. The summed E-state index contributed by atoms with van der Waals surface area (Å²) in [5.41, 5.74) is 4.09. The van der Waals surface area contributed by atoms with Crippen LogP contribution < -0.4 is 14.4 Å². The van der Waals surface area contributed by atoms with Gasteiger partial charge in [0, 0.05) is 36.9 Å². The summed E-state index contributed by atoms with van der Waals surface area (Å²) in [6.07, 6.45) is 1.87. The van der Waals surface area contributed by atoms with Crippen molar-refractivity contribution in [3.8, 4) is 11.5 Å². The van der Waals surface area contributed by atoms with Crippen molar-refractivity contribution in [3.05, 3.63) is 89.5 Å². The van der Waals surface area contributed by atoms with Gasteiger partial charge in [-0.05, 0) is 73.9 Å². The minimum Gasteiger partial charge on any atom is -0.497 e. The second kappa shape index (κ2) is 10.5. The van der Waals surface area contributed by atoms with Gasteiger partial charge in [-0.15, -0.1) is 0 Å². The molecule has 1 fully saturated rings. The van der Waals surface area contributed by atoms with E-state index >= 15 is 0 Å². The Balaban J connectivity index is 1.48. The van der Waals surface area contributed by atoms with E-state index < -0.39 is 0 Å². The van der Waals surface area contributed by atoms with Crippen molar-refractivity contribution in [3.63, 3.8) is 0 Å². The van der Waals surface area contributed by atoms with Gasteiger partial charge in [0.2, 0.25) is 0 Å². The predicted octanol–water partition coefficient (Wildman–Crippen LogP) is 5.32. The molecule has 1 heterocycles. The Morgan fingerprint density at radius 2 is 1.39 bits per heavy atom. The molecule has 0 unspecified atom stereocenters. The fourth-order valence-corrected chi connectivity index (χ4v) is 4.40. The van der Waals surface area contributed by atoms with Gasteiger partial charge in [0.15, 0.2) is 0 Å². The van der Waals surface area contributed by atoms with E-state index in [1.54, 1.807) is 14.2 Å². The van der Waals surface area contributed by atoms with Crippen LogP contribution in [0, 0.1) is 6.92 Å². The van der Waals surface area contributed by atoms with E-state index in [1.165, 1.54) is 11.1 Å². The normalized spacial score (nSPS) is 14.6. The Hall–Kier alpha value is -3.31. The van der Waals surface area contributed by atoms with Gasteiger partial charge in [-0.1, -0.05) is 29.8 Å². The highest BCUT2D eigenvalue weighted by Crippen LogP contribution is 2.28. The lowest BCUT2D eigenvalue weighted by Gasteiger charge is -2.38. The molecule has 0 N–H and O–H groups in total. The van der Waals surface area contributed by atoms with Crippen molar-refractivity contribution in [1.29, 1.82) is 0 Å². The highest BCUT2D eigenvalue weighted by molar-refractivity contribution is 6.06. The highest BCUT2D eigenvalue weighted by Gasteiger charge is 2.30. The molecule has 33 heavy (non-hydrogen) atoms. The van der Waals surface area contributed by atoms with Gasteiger partial charge in [0.25, 0.3) is 5.91 Å². The third-order valence-electron chi connectivity index (χ3n) is 6.36. The van der Waals surface area contributed by atoms with Crippen LogP contribution in [0.25, 0.3) is 0 Å². The van der Waals surface area contributed by atoms with Gasteiger partial charge < -0.3 is 14.4 Å². The van der Waals surface area contributed by atoms with Gasteiger partial charge in [-0.25, -0.2) is 0 Å². The number of ether oxygens (including phenoxy) is 2. The van der Waals surface area contributed by atoms with Crippen LogP contribution in [0.4, 0.5) is 5.69 Å². The number of carbonyl (C=O) groups is 1. The molecular weight excluding hydrogens is 412 g/mol. The number of hydrogen-bond donors (Lipinski definition) is 0. The number of anilines is 1. The third kappa shape index (κ3) is 5.55. The van der Waals surface area contributed by atoms with Gasteiger partial charge in [-0.3, -0.25) is 9.69 Å². The number of hydrogen-bond acceptors (Lipinski definition) is 4. The summed E-state index contributed by atoms with van der Waals surface area (Å²) < 4.78 is 10.5. The van der Waals surface area contributed by atoms with E-state index in [0.29, 0.717) is 5.56 Å². The fraction of sp³-hybridized carbons (Fsp3) is 0.321. The summed E-state index contributed by atoms with van der Waals surface area (Å²) in [7, 11) is 3.32. The molecular formula is C28H32N2O3. The third-order valence-corrected chi connectivity index (χ3v) is 6.36. The summed E-state index contributed by atoms with van der Waals surface area (Å²) in [5, 5.41) is 0. The molecule has 172 valence electrons. The molecule has 0 atom stereocenters. The van der Waals surface area contributed by atoms with Crippen LogP contribution in [-0.4, -0.2) is 44.2 Å². The van der Waals surface area contributed by atoms with Crippen LogP contribution in [0.3, 0.4) is 0 Å². The zero-order valence-corrected chi connectivity index (χ0v) is 19.7. The van der Waals surface area contributed by atoms with Crippen LogP contribution in [0.15, 0.2) is 72.8 Å². The summed E-state index contributed by atoms with van der Waals surface area (Å²) in [6.45, 7) is 4.88. The molecule has 1 amide bonds. The van der Waals surface area contributed by atoms with Gasteiger partial charge in [0.05, 0.1) is 14.2 Å². The minimum atomic E-state index is 0.0371. The first-order valence-electron chi connectivity index (χ1n) is 11.5. The minimum absolute atomic E-state index is 0.0371. The number of aryl methyl sites for hydroxylation is 1. The summed E-state index contributed by atoms with van der Waals surface area (Å²) in [5.74, 6) is 1.67. The number of rotatable bonds is 7. The number of likely N-dealkylation sites (tertiary alicyclic amines) is 1. The number of methoxy groups -OCH3 is 2. The lowest BCUT2D eigenvalue weighted by atomic mass is 10.00. The molecule has 3 aromatic carbocycles. The summed E-state index contributed by atoms with van der Waals surface area (Å²) in [6, 6.07) is 24.1. The zero-order chi connectivity index (χ0) is 23.2. The average molecular weight is 445 g/mol. The van der Waals surface area contributed by atoms with Crippen LogP contribution in [0.2, 0.25) is 0 Å². The van der Waals surface area contributed by atoms with Crippen molar-refractivity contribution in [2.24, 2.45) is 0 Å². The molecule has 5 heteroatoms. The lowest BCUT2D eigenvalue weighted by Crippen LogP contribution is -2.47. The van der Waals surface area contributed by atoms with Crippen LogP contribution in [-0.2, 0) is 6.54 Å². The molecule has 0 aliphatic carbocycles. The number of carbonyl (C=O) groups excluding carboxylic acids is 1. The maximum atomic E-state index is 13.6. The van der Waals surface area contributed by atoms with Crippen LogP contribution in [0.1, 0.15) is 34.3 Å². The maximum Gasteiger partial charge on any atom is 0.258 e. The van der Waals surface area contributed by atoms with E-state index in [-0.39, 0.29) is 11.9 Å². The molecule has 0 bridgehead atoms. The lowest BCUT2D eigenvalue weighted by molar-refractivity contribution is 0.0958. The van der Waals surface area contributed by atoms with Crippen LogP contribution in [0.5, 0.6) is 11.5 Å². The van der Waals surface area contributed by atoms with E-state index in [4.69, 9.17) is 9.47 Å². The zero-order valence-electron chi connectivity index (χ0n) is 19.7. The van der Waals surface area contributed by atoms with Gasteiger partial charge in [-0.2, -0.15) is 0 Å². The summed E-state index contributed by atoms with van der Waals surface area (Å²) >= 11 is 0. The second-order valence-electron chi connectivity index (χ2n) is 8.59. The molecule has 5 nitrogen and oxygen atoms in total. The van der Waals surface area contributed by atoms with Crippen LogP contribution >= 0.6 is 0 Å². The number of amides is 1. The SMILES string of the molecule is COc1ccc(CN2CCC(N(C(=O)c3ccc(OC)cc3)c3ccc(C)cc3)CC2)cc1. The average Bonchev–Trinajstić information content (AvgIpc) is 2.87. The first-order valence-corrected chi connectivity index (χ1v) is 11.5. The fourth-order valence-electron chi connectivity index (χ4n) is 4.40. The molecule has 1 aliphatic heterocycles. The Morgan fingerprint density at radius 1 is 0.848 bits per heavy atom. The van der Waals surface area contributed by atoms with Crippen molar-refractivity contribution < 1.29 is 14.3 Å². The molecule has 1 aliphatic rings. The summed E-state index contributed by atoms with van der Waals surface area (Å²) in [4.78, 5) is 18.1.